The number of amides is 2. The van der Waals surface area contributed by atoms with Crippen LogP contribution in [0.5, 0.6) is 0 Å². The zero-order valence-corrected chi connectivity index (χ0v) is 27.0. The number of hydrogen-bond acceptors (Lipinski definition) is 7. The highest BCUT2D eigenvalue weighted by molar-refractivity contribution is 5.95. The Morgan fingerprint density at radius 3 is 1.98 bits per heavy atom. The van der Waals surface area contributed by atoms with E-state index in [1.165, 1.54) is 19.4 Å². The molecule has 0 bridgehead atoms. The van der Waals surface area contributed by atoms with Crippen molar-refractivity contribution in [3.05, 3.63) is 29.8 Å². The van der Waals surface area contributed by atoms with Crippen LogP contribution >= 0.6 is 0 Å². The van der Waals surface area contributed by atoms with Crippen LogP contribution in [-0.4, -0.2) is 102 Å². The number of ether oxygens (including phenoxy) is 1. The molecule has 0 aromatic heterocycles. The van der Waals surface area contributed by atoms with Crippen LogP contribution in [0.15, 0.2) is 24.3 Å². The number of rotatable bonds is 5. The maximum Gasteiger partial charge on any atom is 0.254 e. The minimum absolute atomic E-state index is 0.0475. The molecule has 232 valence electrons. The number of nitrogens with one attached hydrogen (secondary N) is 3. The van der Waals surface area contributed by atoms with Crippen molar-refractivity contribution in [2.75, 3.05) is 72.9 Å². The van der Waals surface area contributed by atoms with Crippen LogP contribution in [0.1, 0.15) is 64.7 Å². The summed E-state index contributed by atoms with van der Waals surface area (Å²) in [6, 6.07) is 8.10. The highest BCUT2D eigenvalue weighted by atomic mass is 16.4. The highest BCUT2D eigenvalue weighted by Crippen LogP contribution is 2.13. The number of hydrogen-bond donors (Lipinski definition) is 3. The first-order valence-electron chi connectivity index (χ1n) is 14.0. The lowest BCUT2D eigenvalue weighted by atomic mass is 10.1. The summed E-state index contributed by atoms with van der Waals surface area (Å²) in [7, 11) is 7.00. The van der Waals surface area contributed by atoms with Crippen molar-refractivity contribution in [2.24, 2.45) is 5.92 Å². The van der Waals surface area contributed by atoms with E-state index in [9.17, 15) is 9.59 Å². The maximum absolute atomic E-state index is 12.2. The number of carbonyl (C=O) groups excluding carboxylic acids is 3. The molecule has 9 heteroatoms. The van der Waals surface area contributed by atoms with Crippen LogP contribution in [0.4, 0.5) is 5.69 Å². The minimum Gasteiger partial charge on any atom is -0.388 e. The van der Waals surface area contributed by atoms with Gasteiger partial charge in [-0.1, -0.05) is 40.7 Å². The Balaban J connectivity index is -0.000000243. The normalized spacial score (nSPS) is 14.9. The molecule has 3 rings (SSSR count). The monoisotopic (exact) mass is 565 g/mol. The molecule has 9 nitrogen and oxygen atoms in total. The maximum atomic E-state index is 12.2. The van der Waals surface area contributed by atoms with E-state index in [0.29, 0.717) is 12.0 Å². The van der Waals surface area contributed by atoms with Crippen LogP contribution < -0.4 is 16.0 Å². The molecule has 2 saturated heterocycles. The summed E-state index contributed by atoms with van der Waals surface area (Å²) in [6.45, 7) is 17.5. The topological polar surface area (TPSA) is 103 Å². The van der Waals surface area contributed by atoms with Gasteiger partial charge in [0.2, 0.25) is 6.41 Å². The summed E-state index contributed by atoms with van der Waals surface area (Å²) >= 11 is 0. The molecule has 2 heterocycles. The van der Waals surface area contributed by atoms with E-state index >= 15 is 0 Å². The summed E-state index contributed by atoms with van der Waals surface area (Å²) in [5.41, 5.74) is 1.45. The molecule has 0 spiro atoms. The quantitative estimate of drug-likeness (QED) is 0.366. The lowest BCUT2D eigenvalue weighted by Crippen LogP contribution is -2.46. The summed E-state index contributed by atoms with van der Waals surface area (Å²) in [5, 5.41) is 8.41. The number of likely N-dealkylation sites (tertiary alicyclic amines) is 1. The highest BCUT2D eigenvalue weighted by Gasteiger charge is 2.17. The fraction of sp³-hybridized carbons (Fsp3) is 0.645. The number of terminal acetylenes is 1. The third-order valence-electron chi connectivity index (χ3n) is 4.91. The molecule has 1 atom stereocenters. The molecule has 2 fully saturated rings. The minimum atomic E-state index is 0.0475. The molecule has 2 aliphatic heterocycles. The summed E-state index contributed by atoms with van der Waals surface area (Å²) in [5.74, 6) is 0.881. The van der Waals surface area contributed by atoms with Gasteiger partial charge in [-0.05, 0) is 57.5 Å². The van der Waals surface area contributed by atoms with E-state index in [4.69, 9.17) is 4.79 Å². The van der Waals surface area contributed by atoms with E-state index < -0.39 is 0 Å². The van der Waals surface area contributed by atoms with Crippen LogP contribution in [0.25, 0.3) is 0 Å². The molecule has 2 amide bonds. The van der Waals surface area contributed by atoms with Gasteiger partial charge in [-0.2, -0.15) is 0 Å². The van der Waals surface area contributed by atoms with E-state index in [-0.39, 0.29) is 12.5 Å². The molecule has 0 unspecified atom stereocenters. The number of aldehydes is 1. The molecule has 3 N–H and O–H groups in total. The molecule has 2 aliphatic rings. The summed E-state index contributed by atoms with van der Waals surface area (Å²) < 4.78 is 4.25. The number of nitrogens with zero attached hydrogens (tertiary/aromatic N) is 2. The van der Waals surface area contributed by atoms with Gasteiger partial charge in [0, 0.05) is 64.7 Å². The molecule has 1 aromatic carbocycles. The average Bonchev–Trinajstić information content (AvgIpc) is 3.36. The Bertz CT molecular complexity index is 712. The van der Waals surface area contributed by atoms with Gasteiger partial charge in [-0.15, -0.1) is 12.8 Å². The van der Waals surface area contributed by atoms with E-state index in [0.717, 1.165) is 50.1 Å². The molecule has 0 aliphatic carbocycles. The predicted molar refractivity (Wildman–Crippen MR) is 171 cm³/mol. The van der Waals surface area contributed by atoms with E-state index in [1.54, 1.807) is 33.4 Å². The Kier molecular flexibility index (Phi) is 37.6. The third kappa shape index (κ3) is 28.1. The van der Waals surface area contributed by atoms with Crippen LogP contribution in [-0.2, 0) is 14.3 Å². The van der Waals surface area contributed by atoms with Crippen molar-refractivity contribution in [3.8, 4) is 12.8 Å². The second-order valence-corrected chi connectivity index (χ2v) is 9.19. The molecule has 0 radical (unpaired) electrons. The van der Waals surface area contributed by atoms with Crippen molar-refractivity contribution in [1.82, 2.24) is 20.4 Å². The van der Waals surface area contributed by atoms with Gasteiger partial charge in [-0.3, -0.25) is 9.59 Å². The third-order valence-corrected chi connectivity index (χ3v) is 4.91. The number of anilines is 1. The summed E-state index contributed by atoms with van der Waals surface area (Å²) in [6.07, 6.45) is 12.2. The number of methoxy groups -OCH3 is 1. The smallest absolute Gasteiger partial charge is 0.254 e. The largest absolute Gasteiger partial charge is 0.388 e. The fourth-order valence-corrected chi connectivity index (χ4v) is 3.05. The van der Waals surface area contributed by atoms with Crippen LogP contribution in [0.2, 0.25) is 0 Å². The van der Waals surface area contributed by atoms with Gasteiger partial charge in [0.15, 0.2) is 0 Å². The van der Waals surface area contributed by atoms with Crippen molar-refractivity contribution in [1.29, 1.82) is 0 Å². The standard InChI is InChI=1S/C13H17N3O2.C6H13N.C4H10.C2H5NO.C2H6O.C2H6.C2H2/c17-9-6-15-12-3-1-2-11(10-12)13(18)16-7-4-14-5-8-16;1-6-4-3-5-7(6)2;1-4(2)3;1-3-2-4;1-3-2;2*1-2/h1-3,9-10,14-15H,4-8H2;6H,3-5H2,1-2H3;4H,1-3H3;2H,1H3,(H,3,4);1-2H3;1-2H3;1-2H/t;6-;;;;;/m.1...../s1. The van der Waals surface area contributed by atoms with E-state index in [2.05, 4.69) is 73.2 Å². The Hall–Kier alpha value is -2.93. The molecule has 40 heavy (non-hydrogen) atoms. The second-order valence-electron chi connectivity index (χ2n) is 9.19. The van der Waals surface area contributed by atoms with Gasteiger partial charge in [0.1, 0.15) is 6.29 Å². The number of piperazine rings is 1. The zero-order valence-electron chi connectivity index (χ0n) is 27.0. The number of carbonyl (C=O) groups is 3. The fourth-order valence-electron chi connectivity index (χ4n) is 3.05. The molecule has 1 aromatic rings. The first kappa shape index (κ1) is 44.1. The Labute approximate surface area is 245 Å². The van der Waals surface area contributed by atoms with Gasteiger partial charge in [0.25, 0.3) is 5.91 Å². The van der Waals surface area contributed by atoms with Crippen molar-refractivity contribution in [2.45, 2.75) is 60.4 Å². The van der Waals surface area contributed by atoms with Crippen molar-refractivity contribution in [3.63, 3.8) is 0 Å². The van der Waals surface area contributed by atoms with Gasteiger partial charge in [-0.25, -0.2) is 0 Å². The first-order valence-corrected chi connectivity index (χ1v) is 14.0. The zero-order chi connectivity index (χ0) is 31.8. The van der Waals surface area contributed by atoms with Gasteiger partial charge >= 0.3 is 0 Å². The SMILES string of the molecule is C#C.CC.CC(C)C.CNC=O.COC.C[C@@H]1CCCN1C.O=CCNc1cccc(C(=O)N2CCNCC2)c1. The second kappa shape index (κ2) is 34.1. The van der Waals surface area contributed by atoms with Gasteiger partial charge < -0.3 is 35.3 Å². The van der Waals surface area contributed by atoms with Gasteiger partial charge in [0.05, 0.1) is 6.54 Å². The molecule has 0 saturated carbocycles. The summed E-state index contributed by atoms with van der Waals surface area (Å²) in [4.78, 5) is 35.8. The number of benzene rings is 1. The lowest BCUT2D eigenvalue weighted by Gasteiger charge is -2.27. The Morgan fingerprint density at radius 1 is 1.12 bits per heavy atom. The molecular weight excluding hydrogens is 506 g/mol. The predicted octanol–water partition coefficient (Wildman–Crippen LogP) is 4.01. The lowest BCUT2D eigenvalue weighted by molar-refractivity contribution is -0.109. The first-order chi connectivity index (χ1) is 19.2. The van der Waals surface area contributed by atoms with Crippen molar-refractivity contribution < 1.29 is 19.1 Å². The van der Waals surface area contributed by atoms with E-state index in [1.807, 2.05) is 30.9 Å². The molecular formula is C31H59N5O4. The van der Waals surface area contributed by atoms with Crippen LogP contribution in [0, 0.1) is 18.8 Å². The average molecular weight is 566 g/mol. The van der Waals surface area contributed by atoms with Crippen molar-refractivity contribution >= 4 is 24.3 Å². The Morgan fingerprint density at radius 2 is 1.62 bits per heavy atom. The van der Waals surface area contributed by atoms with Crippen LogP contribution in [0.3, 0.4) is 0 Å².